The van der Waals surface area contributed by atoms with Gasteiger partial charge in [-0.1, -0.05) is 13.8 Å². The molecule has 2 N–H and O–H groups in total. The van der Waals surface area contributed by atoms with Crippen molar-refractivity contribution in [1.82, 2.24) is 9.88 Å². The van der Waals surface area contributed by atoms with Crippen molar-refractivity contribution in [3.05, 3.63) is 42.6 Å². The summed E-state index contributed by atoms with van der Waals surface area (Å²) >= 11 is 0. The highest BCUT2D eigenvalue weighted by Gasteiger charge is 2.14. The first-order valence-electron chi connectivity index (χ1n) is 9.09. The van der Waals surface area contributed by atoms with E-state index < -0.39 is 0 Å². The van der Waals surface area contributed by atoms with Crippen molar-refractivity contribution in [2.24, 2.45) is 5.92 Å². The molecule has 1 saturated heterocycles. The summed E-state index contributed by atoms with van der Waals surface area (Å²) < 4.78 is 0. The molecule has 1 aliphatic rings. The van der Waals surface area contributed by atoms with Crippen LogP contribution in [0.25, 0.3) is 0 Å². The van der Waals surface area contributed by atoms with Gasteiger partial charge >= 0.3 is 0 Å². The molecule has 0 unspecified atom stereocenters. The molecule has 26 heavy (non-hydrogen) atoms. The van der Waals surface area contributed by atoms with Gasteiger partial charge < -0.3 is 20.4 Å². The average Bonchev–Trinajstić information content (AvgIpc) is 2.64. The molecule has 6 heteroatoms. The monoisotopic (exact) mass is 353 g/mol. The van der Waals surface area contributed by atoms with Crippen molar-refractivity contribution < 1.29 is 4.79 Å². The van der Waals surface area contributed by atoms with E-state index in [1.54, 1.807) is 12.3 Å². The third-order valence-electron chi connectivity index (χ3n) is 4.56. The van der Waals surface area contributed by atoms with Crippen LogP contribution in [0, 0.1) is 5.92 Å². The minimum atomic E-state index is -0.0616. The number of anilines is 4. The summed E-state index contributed by atoms with van der Waals surface area (Å²) in [5.41, 5.74) is 3.16. The minimum Gasteiger partial charge on any atom is -0.369 e. The molecular formula is C20H27N5O. The van der Waals surface area contributed by atoms with E-state index in [1.165, 1.54) is 5.69 Å². The van der Waals surface area contributed by atoms with E-state index in [4.69, 9.17) is 0 Å². The van der Waals surface area contributed by atoms with Gasteiger partial charge in [-0.3, -0.25) is 4.79 Å². The van der Waals surface area contributed by atoms with E-state index in [9.17, 15) is 4.79 Å². The maximum absolute atomic E-state index is 11.7. The molecule has 0 saturated carbocycles. The van der Waals surface area contributed by atoms with E-state index in [1.807, 2.05) is 19.9 Å². The number of rotatable bonds is 5. The van der Waals surface area contributed by atoms with Crippen LogP contribution in [0.4, 0.5) is 22.9 Å². The number of carbonyl (C=O) groups excluding carboxylic acids is 1. The second-order valence-electron chi connectivity index (χ2n) is 7.04. The van der Waals surface area contributed by atoms with Gasteiger partial charge in [0.1, 0.15) is 5.82 Å². The fourth-order valence-corrected chi connectivity index (χ4v) is 2.80. The summed E-state index contributed by atoms with van der Waals surface area (Å²) in [6.07, 6.45) is 1.73. The average molecular weight is 353 g/mol. The highest BCUT2D eigenvalue weighted by molar-refractivity contribution is 5.91. The van der Waals surface area contributed by atoms with Crippen LogP contribution in [0.1, 0.15) is 13.8 Å². The molecule has 1 fully saturated rings. The number of carbonyl (C=O) groups is 1. The van der Waals surface area contributed by atoms with Crippen LogP contribution in [-0.4, -0.2) is 49.0 Å². The summed E-state index contributed by atoms with van der Waals surface area (Å²) in [5, 5.41) is 6.14. The summed E-state index contributed by atoms with van der Waals surface area (Å²) in [5.74, 6) is 0.478. The predicted molar refractivity (Wildman–Crippen MR) is 107 cm³/mol. The third kappa shape index (κ3) is 4.73. The lowest BCUT2D eigenvalue weighted by atomic mass is 10.2. The Morgan fingerprint density at radius 2 is 1.65 bits per heavy atom. The molecular weight excluding hydrogens is 326 g/mol. The molecule has 1 aliphatic heterocycles. The van der Waals surface area contributed by atoms with Crippen molar-refractivity contribution >= 4 is 28.8 Å². The Morgan fingerprint density at radius 1 is 1.00 bits per heavy atom. The molecule has 2 aromatic rings. The molecule has 138 valence electrons. The van der Waals surface area contributed by atoms with E-state index in [2.05, 4.69) is 56.7 Å². The maximum atomic E-state index is 11.7. The Hall–Kier alpha value is -2.60. The SMILES string of the molecule is CC(C)C(=O)Nc1ccc(Nc2ccc(N3CCN(C)CC3)cc2)cn1. The van der Waals surface area contributed by atoms with E-state index in [0.29, 0.717) is 5.82 Å². The fraction of sp³-hybridized carbons (Fsp3) is 0.400. The molecule has 0 spiro atoms. The summed E-state index contributed by atoms with van der Waals surface area (Å²) in [6.45, 7) is 8.05. The molecule has 0 bridgehead atoms. The van der Waals surface area contributed by atoms with Crippen molar-refractivity contribution in [3.8, 4) is 0 Å². The van der Waals surface area contributed by atoms with Crippen LogP contribution >= 0.6 is 0 Å². The fourth-order valence-electron chi connectivity index (χ4n) is 2.80. The van der Waals surface area contributed by atoms with Crippen molar-refractivity contribution in [3.63, 3.8) is 0 Å². The normalized spacial score (nSPS) is 15.2. The van der Waals surface area contributed by atoms with Gasteiger partial charge in [-0.05, 0) is 43.4 Å². The number of piperazine rings is 1. The highest BCUT2D eigenvalue weighted by atomic mass is 16.1. The molecule has 0 radical (unpaired) electrons. The zero-order valence-electron chi connectivity index (χ0n) is 15.7. The number of nitrogens with one attached hydrogen (secondary N) is 2. The topological polar surface area (TPSA) is 60.5 Å². The zero-order chi connectivity index (χ0) is 18.5. The second-order valence-corrected chi connectivity index (χ2v) is 7.04. The number of benzene rings is 1. The molecule has 0 atom stereocenters. The number of likely N-dealkylation sites (N-methyl/N-ethyl adjacent to an activating group) is 1. The molecule has 1 aromatic heterocycles. The van der Waals surface area contributed by atoms with E-state index in [0.717, 1.165) is 37.6 Å². The Kier molecular flexibility index (Phi) is 5.73. The first kappa shape index (κ1) is 18.2. The Balaban J connectivity index is 1.58. The van der Waals surface area contributed by atoms with Gasteiger partial charge in [-0.2, -0.15) is 0 Å². The molecule has 1 aromatic carbocycles. The Bertz CT molecular complexity index is 719. The quantitative estimate of drug-likeness (QED) is 0.865. The Labute approximate surface area is 155 Å². The van der Waals surface area contributed by atoms with Crippen LogP contribution in [0.15, 0.2) is 42.6 Å². The van der Waals surface area contributed by atoms with Gasteiger partial charge in [-0.15, -0.1) is 0 Å². The number of pyridine rings is 1. The summed E-state index contributed by atoms with van der Waals surface area (Å²) in [4.78, 5) is 20.8. The lowest BCUT2D eigenvalue weighted by molar-refractivity contribution is -0.118. The van der Waals surface area contributed by atoms with Gasteiger partial charge in [0.05, 0.1) is 11.9 Å². The van der Waals surface area contributed by atoms with Crippen LogP contribution in [0.2, 0.25) is 0 Å². The van der Waals surface area contributed by atoms with Gasteiger partial charge in [-0.25, -0.2) is 4.98 Å². The first-order chi connectivity index (χ1) is 12.5. The second kappa shape index (κ2) is 8.19. The van der Waals surface area contributed by atoms with Crippen molar-refractivity contribution in [1.29, 1.82) is 0 Å². The van der Waals surface area contributed by atoms with Crippen LogP contribution in [0.5, 0.6) is 0 Å². The maximum Gasteiger partial charge on any atom is 0.228 e. The van der Waals surface area contributed by atoms with E-state index >= 15 is 0 Å². The predicted octanol–water partition coefficient (Wildman–Crippen LogP) is 3.17. The van der Waals surface area contributed by atoms with E-state index in [-0.39, 0.29) is 11.8 Å². The van der Waals surface area contributed by atoms with Crippen molar-refractivity contribution in [2.75, 3.05) is 48.8 Å². The van der Waals surface area contributed by atoms with Crippen LogP contribution in [-0.2, 0) is 4.79 Å². The number of hydrogen-bond acceptors (Lipinski definition) is 5. The number of amides is 1. The van der Waals surface area contributed by atoms with Crippen molar-refractivity contribution in [2.45, 2.75) is 13.8 Å². The summed E-state index contributed by atoms with van der Waals surface area (Å²) in [6, 6.07) is 12.2. The van der Waals surface area contributed by atoms with Gasteiger partial charge in [0.15, 0.2) is 0 Å². The van der Waals surface area contributed by atoms with Crippen LogP contribution < -0.4 is 15.5 Å². The van der Waals surface area contributed by atoms with Gasteiger partial charge in [0.2, 0.25) is 5.91 Å². The van der Waals surface area contributed by atoms with Gasteiger partial charge in [0.25, 0.3) is 0 Å². The summed E-state index contributed by atoms with van der Waals surface area (Å²) in [7, 11) is 2.16. The molecule has 6 nitrogen and oxygen atoms in total. The Morgan fingerprint density at radius 3 is 2.23 bits per heavy atom. The standard InChI is InChI=1S/C20H27N5O/c1-15(2)20(26)23-19-9-6-17(14-21-19)22-16-4-7-18(8-5-16)25-12-10-24(3)11-13-25/h4-9,14-15,22H,10-13H2,1-3H3,(H,21,23,26). The molecule has 3 rings (SSSR count). The largest absolute Gasteiger partial charge is 0.369 e. The molecule has 0 aliphatic carbocycles. The first-order valence-corrected chi connectivity index (χ1v) is 9.09. The van der Waals surface area contributed by atoms with Crippen LogP contribution in [0.3, 0.4) is 0 Å². The van der Waals surface area contributed by atoms with Gasteiger partial charge in [0, 0.05) is 43.5 Å². The highest BCUT2D eigenvalue weighted by Crippen LogP contribution is 2.22. The number of aromatic nitrogens is 1. The zero-order valence-corrected chi connectivity index (χ0v) is 15.7. The third-order valence-corrected chi connectivity index (χ3v) is 4.56. The number of nitrogens with zero attached hydrogens (tertiary/aromatic N) is 3. The lowest BCUT2D eigenvalue weighted by Gasteiger charge is -2.34. The molecule has 1 amide bonds. The molecule has 2 heterocycles. The minimum absolute atomic E-state index is 0.0299. The number of hydrogen-bond donors (Lipinski definition) is 2. The smallest absolute Gasteiger partial charge is 0.228 e. The lowest BCUT2D eigenvalue weighted by Crippen LogP contribution is -2.44.